The largest absolute Gasteiger partial charge is 0.513 e. The lowest BCUT2D eigenvalue weighted by molar-refractivity contribution is 0.383. The van der Waals surface area contributed by atoms with Gasteiger partial charge in [-0.3, -0.25) is 0 Å². The Morgan fingerprint density at radius 2 is 1.05 bits per heavy atom. The van der Waals surface area contributed by atoms with E-state index in [1.807, 2.05) is 6.08 Å². The van der Waals surface area contributed by atoms with E-state index in [0.29, 0.717) is 5.76 Å². The molecule has 0 saturated heterocycles. The van der Waals surface area contributed by atoms with Crippen LogP contribution in [0, 0.1) is 0 Å². The molecule has 0 aliphatic heterocycles. The first-order valence-corrected chi connectivity index (χ1v) is 8.25. The van der Waals surface area contributed by atoms with Crippen LogP contribution in [0.3, 0.4) is 0 Å². The fraction of sp³-hybridized carbons (Fsp3) is 0.778. The summed E-state index contributed by atoms with van der Waals surface area (Å²) in [7, 11) is 0. The number of aliphatic hydroxyl groups excluding tert-OH is 1. The van der Waals surface area contributed by atoms with Crippen LogP contribution in [-0.4, -0.2) is 5.11 Å². The van der Waals surface area contributed by atoms with E-state index in [4.69, 9.17) is 5.11 Å². The van der Waals surface area contributed by atoms with E-state index >= 15 is 0 Å². The first-order chi connectivity index (χ1) is 9.27. The Morgan fingerprint density at radius 3 is 1.42 bits per heavy atom. The van der Waals surface area contributed by atoms with Crippen LogP contribution in [-0.2, 0) is 0 Å². The summed E-state index contributed by atoms with van der Waals surface area (Å²) in [4.78, 5) is 0. The van der Waals surface area contributed by atoms with Gasteiger partial charge in [0.05, 0.1) is 5.76 Å². The third kappa shape index (κ3) is 17.3. The summed E-state index contributed by atoms with van der Waals surface area (Å²) >= 11 is 0. The monoisotopic (exact) mass is 266 g/mol. The lowest BCUT2D eigenvalue weighted by atomic mass is 10.0. The predicted molar refractivity (Wildman–Crippen MR) is 86.6 cm³/mol. The maximum atomic E-state index is 8.94. The van der Waals surface area contributed by atoms with E-state index in [9.17, 15) is 0 Å². The van der Waals surface area contributed by atoms with Gasteiger partial charge in [0, 0.05) is 6.42 Å². The first kappa shape index (κ1) is 18.3. The van der Waals surface area contributed by atoms with Gasteiger partial charge in [-0.1, -0.05) is 76.9 Å². The van der Waals surface area contributed by atoms with Crippen LogP contribution in [0.15, 0.2) is 25.0 Å². The average molecular weight is 266 g/mol. The second-order valence-electron chi connectivity index (χ2n) is 5.64. The fourth-order valence-electron chi connectivity index (χ4n) is 2.39. The third-order valence-corrected chi connectivity index (χ3v) is 3.62. The molecule has 0 heterocycles. The zero-order valence-electron chi connectivity index (χ0n) is 12.8. The van der Waals surface area contributed by atoms with Gasteiger partial charge in [0.15, 0.2) is 0 Å². The molecule has 0 bridgehead atoms. The van der Waals surface area contributed by atoms with Gasteiger partial charge in [-0.05, 0) is 19.3 Å². The number of allylic oxidation sites excluding steroid dienone is 2. The quantitative estimate of drug-likeness (QED) is 0.198. The second-order valence-corrected chi connectivity index (χ2v) is 5.64. The minimum atomic E-state index is 0.341. The summed E-state index contributed by atoms with van der Waals surface area (Å²) in [5.74, 6) is 0.341. The Labute approximate surface area is 120 Å². The van der Waals surface area contributed by atoms with Crippen molar-refractivity contribution in [2.24, 2.45) is 0 Å². The number of hydrogen-bond donors (Lipinski definition) is 1. The highest BCUT2D eigenvalue weighted by atomic mass is 16.3. The standard InChI is InChI=1S/C18H34O/c1-3-4-5-6-7-8-9-10-11-12-13-14-15-16-17-18(2)19/h3,19H,1-2,4-17H2. The molecule has 0 aliphatic carbocycles. The van der Waals surface area contributed by atoms with Crippen LogP contribution in [0.5, 0.6) is 0 Å². The maximum Gasteiger partial charge on any atom is 0.0851 e. The van der Waals surface area contributed by atoms with Crippen LogP contribution in [0.25, 0.3) is 0 Å². The van der Waals surface area contributed by atoms with Crippen molar-refractivity contribution < 1.29 is 5.11 Å². The van der Waals surface area contributed by atoms with Crippen molar-refractivity contribution in [3.8, 4) is 0 Å². The van der Waals surface area contributed by atoms with Crippen molar-refractivity contribution in [1.82, 2.24) is 0 Å². The summed E-state index contributed by atoms with van der Waals surface area (Å²) in [5.41, 5.74) is 0. The third-order valence-electron chi connectivity index (χ3n) is 3.62. The van der Waals surface area contributed by atoms with E-state index < -0.39 is 0 Å². The minimum Gasteiger partial charge on any atom is -0.513 e. The van der Waals surface area contributed by atoms with E-state index in [1.54, 1.807) is 0 Å². The lowest BCUT2D eigenvalue weighted by Crippen LogP contribution is -1.84. The van der Waals surface area contributed by atoms with Crippen LogP contribution in [0.4, 0.5) is 0 Å². The van der Waals surface area contributed by atoms with E-state index in [2.05, 4.69) is 13.2 Å². The molecule has 0 fully saturated rings. The molecule has 0 atom stereocenters. The highest BCUT2D eigenvalue weighted by Gasteiger charge is 1.94. The van der Waals surface area contributed by atoms with Gasteiger partial charge in [-0.2, -0.15) is 0 Å². The molecule has 1 nitrogen and oxygen atoms in total. The van der Waals surface area contributed by atoms with Crippen molar-refractivity contribution in [1.29, 1.82) is 0 Å². The summed E-state index contributed by atoms with van der Waals surface area (Å²) in [6, 6.07) is 0. The zero-order chi connectivity index (χ0) is 14.2. The van der Waals surface area contributed by atoms with E-state index in [0.717, 1.165) is 12.8 Å². The van der Waals surface area contributed by atoms with Gasteiger partial charge in [0.2, 0.25) is 0 Å². The Kier molecular flexibility index (Phi) is 14.8. The van der Waals surface area contributed by atoms with Crippen LogP contribution >= 0.6 is 0 Å². The van der Waals surface area contributed by atoms with Crippen molar-refractivity contribution >= 4 is 0 Å². The molecule has 0 saturated carbocycles. The van der Waals surface area contributed by atoms with E-state index in [-0.39, 0.29) is 0 Å². The minimum absolute atomic E-state index is 0.341. The molecule has 112 valence electrons. The molecule has 0 spiro atoms. The Morgan fingerprint density at radius 1 is 0.684 bits per heavy atom. The molecule has 0 aromatic carbocycles. The molecule has 1 N–H and O–H groups in total. The smallest absolute Gasteiger partial charge is 0.0851 e. The molecule has 0 unspecified atom stereocenters. The normalized spacial score (nSPS) is 10.5. The highest BCUT2D eigenvalue weighted by molar-refractivity contribution is 4.77. The predicted octanol–water partition coefficient (Wildman–Crippen LogP) is 6.71. The number of aliphatic hydroxyl groups is 1. The molecule has 0 aromatic rings. The van der Waals surface area contributed by atoms with Crippen LogP contribution < -0.4 is 0 Å². The van der Waals surface area contributed by atoms with Crippen molar-refractivity contribution in [2.75, 3.05) is 0 Å². The molecule has 1 heteroatoms. The van der Waals surface area contributed by atoms with Crippen molar-refractivity contribution in [2.45, 2.75) is 89.9 Å². The second kappa shape index (κ2) is 15.3. The Hall–Kier alpha value is -0.720. The molecule has 19 heavy (non-hydrogen) atoms. The Balaban J connectivity index is 2.95. The van der Waals surface area contributed by atoms with Gasteiger partial charge in [0.25, 0.3) is 0 Å². The van der Waals surface area contributed by atoms with Gasteiger partial charge in [-0.15, -0.1) is 6.58 Å². The number of unbranched alkanes of at least 4 members (excludes halogenated alkanes) is 12. The lowest BCUT2D eigenvalue weighted by Gasteiger charge is -2.03. The van der Waals surface area contributed by atoms with Crippen LogP contribution in [0.1, 0.15) is 89.9 Å². The Bertz CT molecular complexity index is 208. The van der Waals surface area contributed by atoms with Gasteiger partial charge >= 0.3 is 0 Å². The topological polar surface area (TPSA) is 20.2 Å². The molecular weight excluding hydrogens is 232 g/mol. The van der Waals surface area contributed by atoms with Crippen LogP contribution in [0.2, 0.25) is 0 Å². The molecule has 0 aliphatic rings. The van der Waals surface area contributed by atoms with Gasteiger partial charge < -0.3 is 5.11 Å². The molecular formula is C18H34O. The number of hydrogen-bond acceptors (Lipinski definition) is 1. The first-order valence-electron chi connectivity index (χ1n) is 8.25. The fourth-order valence-corrected chi connectivity index (χ4v) is 2.39. The molecule has 0 rings (SSSR count). The SMILES string of the molecule is C=CCCCCCCCCCCCCCCC(=C)O. The zero-order valence-corrected chi connectivity index (χ0v) is 12.8. The highest BCUT2D eigenvalue weighted by Crippen LogP contribution is 2.13. The van der Waals surface area contributed by atoms with Crippen molar-refractivity contribution in [3.63, 3.8) is 0 Å². The van der Waals surface area contributed by atoms with Gasteiger partial charge in [-0.25, -0.2) is 0 Å². The van der Waals surface area contributed by atoms with E-state index in [1.165, 1.54) is 77.0 Å². The van der Waals surface area contributed by atoms with Crippen molar-refractivity contribution in [3.05, 3.63) is 25.0 Å². The number of rotatable bonds is 15. The summed E-state index contributed by atoms with van der Waals surface area (Å²) in [6.45, 7) is 7.25. The summed E-state index contributed by atoms with van der Waals surface area (Å²) in [5, 5.41) is 8.94. The summed E-state index contributed by atoms with van der Waals surface area (Å²) < 4.78 is 0. The average Bonchev–Trinajstić information content (AvgIpc) is 2.39. The molecule has 0 amide bonds. The summed E-state index contributed by atoms with van der Waals surface area (Å²) in [6.07, 6.45) is 20.1. The molecule has 0 radical (unpaired) electrons. The maximum absolute atomic E-state index is 8.94. The van der Waals surface area contributed by atoms with Gasteiger partial charge in [0.1, 0.15) is 0 Å². The molecule has 0 aromatic heterocycles.